The number of esters is 1. The topological polar surface area (TPSA) is 55.4 Å². The zero-order valence-corrected chi connectivity index (χ0v) is 12.9. The molecular weight excluding hydrogens is 290 g/mol. The summed E-state index contributed by atoms with van der Waals surface area (Å²) in [7, 11) is 1.31. The summed E-state index contributed by atoms with van der Waals surface area (Å²) in [6, 6.07) is 17.8. The molecule has 0 saturated heterocycles. The van der Waals surface area contributed by atoms with Crippen molar-refractivity contribution in [2.45, 2.75) is 12.5 Å². The van der Waals surface area contributed by atoms with Gasteiger partial charge in [0, 0.05) is 5.56 Å². The average Bonchev–Trinajstić information content (AvgIpc) is 2.61. The fourth-order valence-corrected chi connectivity index (χ4v) is 2.09. The van der Waals surface area contributed by atoms with Crippen molar-refractivity contribution in [3.8, 4) is 0 Å². The lowest BCUT2D eigenvalue weighted by atomic mass is 10.1. The molecule has 1 N–H and O–H groups in total. The molecule has 0 spiro atoms. The van der Waals surface area contributed by atoms with E-state index in [1.54, 1.807) is 24.3 Å². The molecule has 0 unspecified atom stereocenters. The molecule has 0 aliphatic heterocycles. The van der Waals surface area contributed by atoms with E-state index < -0.39 is 12.0 Å². The third-order valence-electron chi connectivity index (χ3n) is 3.31. The van der Waals surface area contributed by atoms with Crippen LogP contribution in [0, 0.1) is 0 Å². The Kier molecular flexibility index (Phi) is 6.12. The lowest BCUT2D eigenvalue weighted by Crippen LogP contribution is -2.41. The summed E-state index contributed by atoms with van der Waals surface area (Å²) in [5.41, 5.74) is 1.54. The van der Waals surface area contributed by atoms with E-state index in [2.05, 4.69) is 5.32 Å². The molecule has 2 aromatic carbocycles. The van der Waals surface area contributed by atoms with E-state index >= 15 is 0 Å². The molecule has 0 aliphatic rings. The Morgan fingerprint density at radius 1 is 1.04 bits per heavy atom. The van der Waals surface area contributed by atoms with E-state index in [1.807, 2.05) is 48.6 Å². The van der Waals surface area contributed by atoms with E-state index in [4.69, 9.17) is 4.74 Å². The molecule has 4 nitrogen and oxygen atoms in total. The molecule has 0 fully saturated rings. The van der Waals surface area contributed by atoms with Gasteiger partial charge in [-0.15, -0.1) is 0 Å². The summed E-state index contributed by atoms with van der Waals surface area (Å²) in [4.78, 5) is 24.0. The maximum atomic E-state index is 12.2. The first-order valence-corrected chi connectivity index (χ1v) is 7.36. The van der Waals surface area contributed by atoms with Crippen molar-refractivity contribution in [3.05, 3.63) is 77.9 Å². The van der Waals surface area contributed by atoms with Crippen LogP contribution in [0.3, 0.4) is 0 Å². The van der Waals surface area contributed by atoms with Crippen molar-refractivity contribution in [2.75, 3.05) is 7.11 Å². The quantitative estimate of drug-likeness (QED) is 0.834. The van der Waals surface area contributed by atoms with Gasteiger partial charge < -0.3 is 10.1 Å². The second-order valence-electron chi connectivity index (χ2n) is 4.96. The van der Waals surface area contributed by atoms with Crippen molar-refractivity contribution in [1.29, 1.82) is 0 Å². The molecule has 0 bridgehead atoms. The van der Waals surface area contributed by atoms with E-state index in [0.717, 1.165) is 5.56 Å². The summed E-state index contributed by atoms with van der Waals surface area (Å²) in [6.07, 6.45) is 4.12. The lowest BCUT2D eigenvalue weighted by molar-refractivity contribution is -0.142. The molecule has 118 valence electrons. The molecule has 1 atom stereocenters. The van der Waals surface area contributed by atoms with Crippen LogP contribution in [0.1, 0.15) is 22.3 Å². The second-order valence-corrected chi connectivity index (χ2v) is 4.96. The van der Waals surface area contributed by atoms with E-state index in [0.29, 0.717) is 12.0 Å². The molecule has 0 aliphatic carbocycles. The first kappa shape index (κ1) is 16.5. The van der Waals surface area contributed by atoms with Gasteiger partial charge in [0.25, 0.3) is 5.91 Å². The summed E-state index contributed by atoms with van der Waals surface area (Å²) in [5, 5.41) is 2.71. The highest BCUT2D eigenvalue weighted by Crippen LogP contribution is 2.06. The zero-order valence-electron chi connectivity index (χ0n) is 12.9. The predicted octanol–water partition coefficient (Wildman–Crippen LogP) is 3.06. The van der Waals surface area contributed by atoms with Gasteiger partial charge in [-0.1, -0.05) is 60.7 Å². The summed E-state index contributed by atoms with van der Waals surface area (Å²) in [6.45, 7) is 0. The van der Waals surface area contributed by atoms with Crippen LogP contribution in [0.15, 0.2) is 66.7 Å². The average molecular weight is 309 g/mol. The molecule has 2 aromatic rings. The molecular formula is C19H19NO3. The van der Waals surface area contributed by atoms with Crippen LogP contribution in [0.5, 0.6) is 0 Å². The highest BCUT2D eigenvalue weighted by molar-refractivity contribution is 5.96. The Balaban J connectivity index is 2.01. The molecule has 0 heterocycles. The number of benzene rings is 2. The van der Waals surface area contributed by atoms with Crippen molar-refractivity contribution < 1.29 is 14.3 Å². The number of carbonyl (C=O) groups excluding carboxylic acids is 2. The molecule has 2 rings (SSSR count). The molecule has 0 radical (unpaired) electrons. The van der Waals surface area contributed by atoms with Crippen molar-refractivity contribution in [2.24, 2.45) is 0 Å². The van der Waals surface area contributed by atoms with Gasteiger partial charge in [0.05, 0.1) is 7.11 Å². The third-order valence-corrected chi connectivity index (χ3v) is 3.31. The van der Waals surface area contributed by atoms with Gasteiger partial charge in [-0.2, -0.15) is 0 Å². The van der Waals surface area contributed by atoms with Crippen LogP contribution in [-0.4, -0.2) is 25.0 Å². The molecule has 0 saturated carbocycles. The number of rotatable bonds is 6. The number of carbonyl (C=O) groups is 2. The first-order chi connectivity index (χ1) is 11.2. The minimum atomic E-state index is -0.715. The zero-order chi connectivity index (χ0) is 16.5. The van der Waals surface area contributed by atoms with Gasteiger partial charge in [-0.05, 0) is 24.1 Å². The van der Waals surface area contributed by atoms with Crippen molar-refractivity contribution in [1.82, 2.24) is 5.32 Å². The Morgan fingerprint density at radius 2 is 1.65 bits per heavy atom. The van der Waals surface area contributed by atoms with Crippen LogP contribution in [0.2, 0.25) is 0 Å². The maximum absolute atomic E-state index is 12.2. The minimum absolute atomic E-state index is 0.297. The van der Waals surface area contributed by atoms with Gasteiger partial charge in [0.2, 0.25) is 0 Å². The number of hydrogen-bond donors (Lipinski definition) is 1. The maximum Gasteiger partial charge on any atom is 0.328 e. The third kappa shape index (κ3) is 5.11. The second kappa shape index (κ2) is 8.54. The Labute approximate surface area is 135 Å². The molecule has 0 aromatic heterocycles. The number of methoxy groups -OCH3 is 1. The Bertz CT molecular complexity index is 666. The summed E-state index contributed by atoms with van der Waals surface area (Å²) >= 11 is 0. The lowest BCUT2D eigenvalue weighted by Gasteiger charge is -2.14. The molecule has 23 heavy (non-hydrogen) atoms. The smallest absolute Gasteiger partial charge is 0.328 e. The number of hydrogen-bond acceptors (Lipinski definition) is 3. The highest BCUT2D eigenvalue weighted by atomic mass is 16.5. The van der Waals surface area contributed by atoms with Crippen LogP contribution in [-0.2, 0) is 9.53 Å². The van der Waals surface area contributed by atoms with Gasteiger partial charge in [-0.25, -0.2) is 4.79 Å². The Morgan fingerprint density at radius 3 is 2.26 bits per heavy atom. The van der Waals surface area contributed by atoms with Gasteiger partial charge in [0.1, 0.15) is 6.04 Å². The first-order valence-electron chi connectivity index (χ1n) is 7.36. The standard InChI is InChI=1S/C19H19NO3/c1-23-19(22)17(14-8-11-15-9-4-2-5-10-15)20-18(21)16-12-6-3-7-13-16/h2-13,17H,14H2,1H3,(H,20,21)/b11-8+/t17-/m1/s1. The summed E-state index contributed by atoms with van der Waals surface area (Å²) in [5.74, 6) is -0.763. The van der Waals surface area contributed by atoms with Crippen molar-refractivity contribution >= 4 is 18.0 Å². The Hall–Kier alpha value is -2.88. The van der Waals surface area contributed by atoms with Crippen LogP contribution < -0.4 is 5.32 Å². The van der Waals surface area contributed by atoms with Crippen LogP contribution >= 0.6 is 0 Å². The van der Waals surface area contributed by atoms with Crippen LogP contribution in [0.25, 0.3) is 6.08 Å². The number of amides is 1. The van der Waals surface area contributed by atoms with Gasteiger partial charge >= 0.3 is 5.97 Å². The molecule has 4 heteroatoms. The largest absolute Gasteiger partial charge is 0.467 e. The normalized spacial score (nSPS) is 11.9. The number of nitrogens with one attached hydrogen (secondary N) is 1. The van der Waals surface area contributed by atoms with E-state index in [1.165, 1.54) is 7.11 Å². The summed E-state index contributed by atoms with van der Waals surface area (Å²) < 4.78 is 4.76. The number of ether oxygens (including phenoxy) is 1. The SMILES string of the molecule is COC(=O)[C@@H](C/C=C/c1ccccc1)NC(=O)c1ccccc1. The highest BCUT2D eigenvalue weighted by Gasteiger charge is 2.20. The fourth-order valence-electron chi connectivity index (χ4n) is 2.09. The molecule has 1 amide bonds. The predicted molar refractivity (Wildman–Crippen MR) is 89.8 cm³/mol. The van der Waals surface area contributed by atoms with E-state index in [-0.39, 0.29) is 5.91 Å². The van der Waals surface area contributed by atoms with Gasteiger partial charge in [0.15, 0.2) is 0 Å². The van der Waals surface area contributed by atoms with Crippen LogP contribution in [0.4, 0.5) is 0 Å². The fraction of sp³-hybridized carbons (Fsp3) is 0.158. The van der Waals surface area contributed by atoms with E-state index in [9.17, 15) is 9.59 Å². The minimum Gasteiger partial charge on any atom is -0.467 e. The van der Waals surface area contributed by atoms with Gasteiger partial charge in [-0.3, -0.25) is 4.79 Å². The monoisotopic (exact) mass is 309 g/mol. The van der Waals surface area contributed by atoms with Crippen molar-refractivity contribution in [3.63, 3.8) is 0 Å².